The first-order valence-corrected chi connectivity index (χ1v) is 22.4. The van der Waals surface area contributed by atoms with Crippen molar-refractivity contribution in [1.82, 2.24) is 19.7 Å². The molecule has 0 saturated carbocycles. The van der Waals surface area contributed by atoms with Crippen LogP contribution in [0.4, 0.5) is 18.9 Å². The topological polar surface area (TPSA) is 88.2 Å². The number of fused-ring (bicyclic) bond motifs is 4. The van der Waals surface area contributed by atoms with Crippen LogP contribution in [0.3, 0.4) is 0 Å². The number of halogens is 3. The summed E-state index contributed by atoms with van der Waals surface area (Å²) in [5, 5.41) is 20.2. The van der Waals surface area contributed by atoms with Gasteiger partial charge < -0.3 is 19.5 Å². The maximum absolute atomic E-state index is 15.3. The minimum absolute atomic E-state index is 0.00825. The highest BCUT2D eigenvalue weighted by Gasteiger charge is 2.41. The number of rotatable bonds is 8. The molecule has 324 valence electrons. The molecule has 4 aromatic carbocycles. The zero-order valence-corrected chi connectivity index (χ0v) is 36.8. The number of hydrogen-bond acceptors (Lipinski definition) is 9. The lowest BCUT2D eigenvalue weighted by atomic mass is 9.78. The summed E-state index contributed by atoms with van der Waals surface area (Å²) in [6.07, 6.45) is 2.58. The molecule has 2 saturated heterocycles. The Morgan fingerprint density at radius 3 is 2.30 bits per heavy atom. The molecular formula is C50H49F3N6O3S. The van der Waals surface area contributed by atoms with E-state index in [-0.39, 0.29) is 22.9 Å². The number of aromatic hydroxyl groups is 1. The highest BCUT2D eigenvalue weighted by atomic mass is 32.1. The maximum atomic E-state index is 15.3. The average Bonchev–Trinajstić information content (AvgIpc) is 3.93. The minimum Gasteiger partial charge on any atom is -0.508 e. The molecule has 10 rings (SSSR count). The van der Waals surface area contributed by atoms with Crippen LogP contribution in [0.25, 0.3) is 16.1 Å². The van der Waals surface area contributed by atoms with Gasteiger partial charge in [-0.2, -0.15) is 0 Å². The van der Waals surface area contributed by atoms with Gasteiger partial charge in [-0.15, -0.1) is 21.5 Å². The Hall–Kier alpha value is -5.92. The molecule has 1 N–H and O–H groups in total. The SMILES string of the molecule is CC1=C(c2c(F)cc(F)cc2F)C(c2ccc(OCCN3CCC4(CC3)CCN(c3ccc(C5=N[C@@H](C)c6nnc(C)n6-c6sc(C)c(C)c65)cc3)C4)cc2)Oc2ccc(O)cc21. The van der Waals surface area contributed by atoms with Crippen LogP contribution in [0.5, 0.6) is 17.2 Å². The predicted octanol–water partition coefficient (Wildman–Crippen LogP) is 10.7. The fourth-order valence-electron chi connectivity index (χ4n) is 9.95. The number of phenols is 1. The Kier molecular flexibility index (Phi) is 10.4. The van der Waals surface area contributed by atoms with Crippen LogP contribution in [0.2, 0.25) is 0 Å². The summed E-state index contributed by atoms with van der Waals surface area (Å²) < 4.78 is 59.2. The summed E-state index contributed by atoms with van der Waals surface area (Å²) in [5.41, 5.74) is 7.66. The second-order valence-electron chi connectivity index (χ2n) is 17.5. The maximum Gasteiger partial charge on any atom is 0.162 e. The number of anilines is 1. The summed E-state index contributed by atoms with van der Waals surface area (Å²) in [6, 6.07) is 22.2. The zero-order chi connectivity index (χ0) is 43.7. The molecule has 4 aliphatic rings. The van der Waals surface area contributed by atoms with Crippen LogP contribution >= 0.6 is 11.3 Å². The molecular weight excluding hydrogens is 822 g/mol. The van der Waals surface area contributed by atoms with E-state index >= 15 is 8.78 Å². The summed E-state index contributed by atoms with van der Waals surface area (Å²) in [7, 11) is 0. The second-order valence-corrected chi connectivity index (χ2v) is 18.7. The van der Waals surface area contributed by atoms with E-state index in [4.69, 9.17) is 14.5 Å². The number of likely N-dealkylation sites (tertiary alicyclic amines) is 1. The van der Waals surface area contributed by atoms with E-state index < -0.39 is 23.6 Å². The normalized spacial score (nSPS) is 19.4. The Morgan fingerprint density at radius 2 is 1.57 bits per heavy atom. The molecule has 0 radical (unpaired) electrons. The third kappa shape index (κ3) is 7.38. The first-order valence-electron chi connectivity index (χ1n) is 21.6. The smallest absolute Gasteiger partial charge is 0.162 e. The molecule has 4 aliphatic heterocycles. The van der Waals surface area contributed by atoms with Gasteiger partial charge in [-0.3, -0.25) is 14.5 Å². The van der Waals surface area contributed by atoms with Crippen molar-refractivity contribution in [2.75, 3.05) is 44.2 Å². The van der Waals surface area contributed by atoms with Crippen molar-refractivity contribution in [3.63, 3.8) is 0 Å². The summed E-state index contributed by atoms with van der Waals surface area (Å²) in [5.74, 6) is -0.168. The van der Waals surface area contributed by atoms with Gasteiger partial charge in [-0.25, -0.2) is 13.2 Å². The molecule has 13 heteroatoms. The van der Waals surface area contributed by atoms with Gasteiger partial charge in [0.2, 0.25) is 0 Å². The number of phenolic OH excluding ortho intramolecular Hbond substituents is 1. The van der Waals surface area contributed by atoms with Crippen LogP contribution in [-0.4, -0.2) is 69.8 Å². The van der Waals surface area contributed by atoms with Crippen molar-refractivity contribution in [2.45, 2.75) is 66.0 Å². The number of aliphatic imine (C=N–C) groups is 1. The van der Waals surface area contributed by atoms with E-state index in [0.717, 1.165) is 73.5 Å². The van der Waals surface area contributed by atoms with Gasteiger partial charge in [0.05, 0.1) is 11.3 Å². The molecule has 63 heavy (non-hydrogen) atoms. The number of nitrogens with zero attached hydrogens (tertiary/aromatic N) is 6. The minimum atomic E-state index is -1.03. The molecule has 2 atom stereocenters. The standard InChI is InChI=1S/C50H49F3N6O3S/c1-28-31(4)63-49-44(28)46(54-30(3)48-56-55-32(5)59(48)49)33-6-10-36(11-7-33)58-21-18-50(27-58)16-19-57(20-17-50)22-23-61-38-13-8-34(9-14-38)47-43(45-40(52)24-35(51)25-41(45)53)29(2)39-26-37(60)12-15-42(39)62-47/h6-15,24-26,30,47,60H,16-23,27H2,1-5H3/t30-,47?/m0/s1. The van der Waals surface area contributed by atoms with E-state index in [9.17, 15) is 9.50 Å². The first kappa shape index (κ1) is 41.1. The van der Waals surface area contributed by atoms with Crippen molar-refractivity contribution in [1.29, 1.82) is 0 Å². The molecule has 1 unspecified atom stereocenters. The molecule has 2 fully saturated rings. The van der Waals surface area contributed by atoms with Crippen molar-refractivity contribution < 1.29 is 27.8 Å². The van der Waals surface area contributed by atoms with Crippen molar-refractivity contribution in [3.8, 4) is 22.2 Å². The lowest BCUT2D eigenvalue weighted by Crippen LogP contribution is -2.43. The summed E-state index contributed by atoms with van der Waals surface area (Å²) >= 11 is 1.78. The largest absolute Gasteiger partial charge is 0.508 e. The molecule has 9 nitrogen and oxygen atoms in total. The molecule has 6 heterocycles. The van der Waals surface area contributed by atoms with Crippen LogP contribution in [0.1, 0.15) is 95.2 Å². The second kappa shape index (κ2) is 16.0. The monoisotopic (exact) mass is 870 g/mol. The number of allylic oxidation sites excluding steroid dienone is 1. The number of aryl methyl sites for hydroxylation is 2. The molecule has 0 bridgehead atoms. The molecule has 2 aromatic heterocycles. The van der Waals surface area contributed by atoms with E-state index in [1.165, 1.54) is 40.2 Å². The van der Waals surface area contributed by atoms with Gasteiger partial charge in [0, 0.05) is 64.6 Å². The highest BCUT2D eigenvalue weighted by molar-refractivity contribution is 7.15. The predicted molar refractivity (Wildman–Crippen MR) is 241 cm³/mol. The third-order valence-corrected chi connectivity index (χ3v) is 14.8. The first-order chi connectivity index (χ1) is 30.4. The lowest BCUT2D eigenvalue weighted by molar-refractivity contribution is 0.106. The fraction of sp³-hybridized carbons (Fsp3) is 0.340. The van der Waals surface area contributed by atoms with Gasteiger partial charge in [0.25, 0.3) is 0 Å². The molecule has 0 aliphatic carbocycles. The van der Waals surface area contributed by atoms with Crippen molar-refractivity contribution >= 4 is 33.9 Å². The number of hydrogen-bond donors (Lipinski definition) is 1. The van der Waals surface area contributed by atoms with Gasteiger partial charge in [-0.1, -0.05) is 24.3 Å². The fourth-order valence-corrected chi connectivity index (χ4v) is 11.2. The Balaban J connectivity index is 0.756. The molecule has 0 amide bonds. The van der Waals surface area contributed by atoms with E-state index in [1.807, 2.05) is 31.2 Å². The third-order valence-electron chi connectivity index (χ3n) is 13.6. The Bertz CT molecular complexity index is 2780. The number of ether oxygens (including phenoxy) is 2. The molecule has 6 aromatic rings. The molecule has 1 spiro atoms. The lowest BCUT2D eigenvalue weighted by Gasteiger charge is -2.39. The number of piperidine rings is 1. The summed E-state index contributed by atoms with van der Waals surface area (Å²) in [4.78, 5) is 11.5. The number of benzene rings is 4. The Morgan fingerprint density at radius 1 is 0.857 bits per heavy atom. The van der Waals surface area contributed by atoms with Gasteiger partial charge in [-0.05, 0) is 132 Å². The van der Waals surface area contributed by atoms with Gasteiger partial charge in [0.15, 0.2) is 5.82 Å². The van der Waals surface area contributed by atoms with Crippen LogP contribution in [0, 0.1) is 43.6 Å². The van der Waals surface area contributed by atoms with E-state index in [0.29, 0.717) is 52.4 Å². The zero-order valence-electron chi connectivity index (χ0n) is 36.0. The van der Waals surface area contributed by atoms with Crippen molar-refractivity contribution in [2.24, 2.45) is 10.4 Å². The van der Waals surface area contributed by atoms with Crippen LogP contribution < -0.4 is 14.4 Å². The van der Waals surface area contributed by atoms with E-state index in [2.05, 4.69) is 69.6 Å². The van der Waals surface area contributed by atoms with Gasteiger partial charge in [0.1, 0.15) is 64.3 Å². The quantitative estimate of drug-likeness (QED) is 0.163. The number of aromatic nitrogens is 3. The van der Waals surface area contributed by atoms with Crippen LogP contribution in [0.15, 0.2) is 83.9 Å². The highest BCUT2D eigenvalue weighted by Crippen LogP contribution is 2.49. The van der Waals surface area contributed by atoms with Crippen molar-refractivity contribution in [3.05, 3.63) is 146 Å². The van der Waals surface area contributed by atoms with E-state index in [1.54, 1.807) is 24.3 Å². The Labute approximate surface area is 369 Å². The summed E-state index contributed by atoms with van der Waals surface area (Å²) in [6.45, 7) is 15.7. The number of thiophene rings is 1. The average molecular weight is 871 g/mol. The van der Waals surface area contributed by atoms with Crippen LogP contribution in [-0.2, 0) is 0 Å². The van der Waals surface area contributed by atoms with Gasteiger partial charge >= 0.3 is 0 Å².